The van der Waals surface area contributed by atoms with Crippen LogP contribution in [0.15, 0.2) is 0 Å². The predicted molar refractivity (Wildman–Crippen MR) is 70.5 cm³/mol. The van der Waals surface area contributed by atoms with Crippen LogP contribution in [0.25, 0.3) is 0 Å². The standard InChI is InChI=1S/C11H22N2O3S/c1-5-9(6-10(14)15)12-11(16)13(3)8(2)7-17-4/h8-9H,5-7H2,1-4H3,(H,12,16)(H,14,15). The normalized spacial score (nSPS) is 13.9. The third kappa shape index (κ3) is 6.41. The molecule has 0 saturated carbocycles. The van der Waals surface area contributed by atoms with Gasteiger partial charge in [-0.25, -0.2) is 4.79 Å². The molecule has 17 heavy (non-hydrogen) atoms. The first kappa shape index (κ1) is 16.1. The minimum Gasteiger partial charge on any atom is -0.481 e. The smallest absolute Gasteiger partial charge is 0.317 e. The Morgan fingerprint density at radius 1 is 1.47 bits per heavy atom. The Labute approximate surface area is 107 Å². The Balaban J connectivity index is 4.25. The minimum absolute atomic E-state index is 0.0347. The molecule has 2 N–H and O–H groups in total. The molecular weight excluding hydrogens is 240 g/mol. The maximum atomic E-state index is 11.8. The Morgan fingerprint density at radius 3 is 2.47 bits per heavy atom. The van der Waals surface area contributed by atoms with Crippen LogP contribution in [0.3, 0.4) is 0 Å². The molecule has 6 heteroatoms. The number of aliphatic carboxylic acids is 1. The quantitative estimate of drug-likeness (QED) is 0.731. The lowest BCUT2D eigenvalue weighted by molar-refractivity contribution is -0.137. The van der Waals surface area contributed by atoms with Gasteiger partial charge in [-0.15, -0.1) is 0 Å². The zero-order valence-electron chi connectivity index (χ0n) is 10.9. The van der Waals surface area contributed by atoms with Crippen molar-refractivity contribution in [2.75, 3.05) is 19.1 Å². The number of carbonyl (C=O) groups excluding carboxylic acids is 1. The van der Waals surface area contributed by atoms with Crippen LogP contribution in [0.2, 0.25) is 0 Å². The van der Waals surface area contributed by atoms with Crippen molar-refractivity contribution in [3.05, 3.63) is 0 Å². The molecule has 0 aliphatic heterocycles. The van der Waals surface area contributed by atoms with Crippen LogP contribution >= 0.6 is 11.8 Å². The second-order valence-electron chi connectivity index (χ2n) is 4.07. The molecule has 0 aliphatic carbocycles. The number of thioether (sulfide) groups is 1. The minimum atomic E-state index is -0.892. The first-order chi connectivity index (χ1) is 7.92. The van der Waals surface area contributed by atoms with Crippen molar-refractivity contribution in [3.8, 4) is 0 Å². The van der Waals surface area contributed by atoms with E-state index in [0.29, 0.717) is 6.42 Å². The van der Waals surface area contributed by atoms with Crippen molar-refractivity contribution in [2.45, 2.75) is 38.8 Å². The second-order valence-corrected chi connectivity index (χ2v) is 4.98. The number of nitrogens with one attached hydrogen (secondary N) is 1. The number of hydrogen-bond acceptors (Lipinski definition) is 3. The molecule has 100 valence electrons. The molecule has 0 fully saturated rings. The van der Waals surface area contributed by atoms with E-state index in [9.17, 15) is 9.59 Å². The summed E-state index contributed by atoms with van der Waals surface area (Å²) in [5.74, 6) is -0.0309. The molecular formula is C11H22N2O3S. The van der Waals surface area contributed by atoms with Crippen molar-refractivity contribution in [1.29, 1.82) is 0 Å². The van der Waals surface area contributed by atoms with Gasteiger partial charge in [0.25, 0.3) is 0 Å². The molecule has 0 radical (unpaired) electrons. The number of carboxylic acids is 1. The number of urea groups is 1. The Morgan fingerprint density at radius 2 is 2.06 bits per heavy atom. The summed E-state index contributed by atoms with van der Waals surface area (Å²) in [6, 6.07) is -0.379. The van der Waals surface area contributed by atoms with Gasteiger partial charge in [0.1, 0.15) is 0 Å². The highest BCUT2D eigenvalue weighted by Gasteiger charge is 2.19. The van der Waals surface area contributed by atoms with Crippen LogP contribution in [0.4, 0.5) is 4.79 Å². The highest BCUT2D eigenvalue weighted by molar-refractivity contribution is 7.98. The largest absolute Gasteiger partial charge is 0.481 e. The van der Waals surface area contributed by atoms with Crippen LogP contribution < -0.4 is 5.32 Å². The monoisotopic (exact) mass is 262 g/mol. The van der Waals surface area contributed by atoms with Crippen LogP contribution in [0.5, 0.6) is 0 Å². The van der Waals surface area contributed by atoms with Gasteiger partial charge >= 0.3 is 12.0 Å². The van der Waals surface area contributed by atoms with E-state index in [1.165, 1.54) is 0 Å². The van der Waals surface area contributed by atoms with E-state index < -0.39 is 5.97 Å². The molecule has 5 nitrogen and oxygen atoms in total. The summed E-state index contributed by atoms with van der Waals surface area (Å²) in [7, 11) is 1.73. The fourth-order valence-electron chi connectivity index (χ4n) is 1.34. The predicted octanol–water partition coefficient (Wildman–Crippen LogP) is 1.63. The zero-order valence-corrected chi connectivity index (χ0v) is 11.7. The number of rotatable bonds is 7. The zero-order chi connectivity index (χ0) is 13.4. The Hall–Kier alpha value is -0.910. The van der Waals surface area contributed by atoms with Gasteiger partial charge in [0.15, 0.2) is 0 Å². The molecule has 0 bridgehead atoms. The lowest BCUT2D eigenvalue weighted by atomic mass is 10.1. The maximum Gasteiger partial charge on any atom is 0.317 e. The fourth-order valence-corrected chi connectivity index (χ4v) is 2.04. The van der Waals surface area contributed by atoms with Crippen LogP contribution in [-0.2, 0) is 4.79 Å². The molecule has 2 atom stereocenters. The average Bonchev–Trinajstić information content (AvgIpc) is 2.26. The molecule has 0 spiro atoms. The second kappa shape index (κ2) is 8.22. The van der Waals surface area contributed by atoms with E-state index >= 15 is 0 Å². The van der Waals surface area contributed by atoms with E-state index in [1.54, 1.807) is 23.7 Å². The Bertz CT molecular complexity index is 261. The number of carbonyl (C=O) groups is 2. The van der Waals surface area contributed by atoms with Crippen molar-refractivity contribution >= 4 is 23.8 Å². The van der Waals surface area contributed by atoms with Crippen molar-refractivity contribution in [2.24, 2.45) is 0 Å². The van der Waals surface area contributed by atoms with E-state index in [0.717, 1.165) is 5.75 Å². The summed E-state index contributed by atoms with van der Waals surface area (Å²) in [4.78, 5) is 24.0. The van der Waals surface area contributed by atoms with E-state index in [-0.39, 0.29) is 24.5 Å². The van der Waals surface area contributed by atoms with E-state index in [2.05, 4.69) is 5.32 Å². The van der Waals surface area contributed by atoms with Gasteiger partial charge in [0.05, 0.1) is 6.42 Å². The topological polar surface area (TPSA) is 69.6 Å². The van der Waals surface area contributed by atoms with Crippen LogP contribution in [0.1, 0.15) is 26.7 Å². The summed E-state index contributed by atoms with van der Waals surface area (Å²) in [6.07, 6.45) is 2.57. The van der Waals surface area contributed by atoms with Gasteiger partial charge in [-0.2, -0.15) is 11.8 Å². The van der Waals surface area contributed by atoms with Gasteiger partial charge in [-0.1, -0.05) is 6.92 Å². The number of hydrogen-bond donors (Lipinski definition) is 2. The molecule has 2 unspecified atom stereocenters. The van der Waals surface area contributed by atoms with E-state index in [1.807, 2.05) is 20.1 Å². The molecule has 0 aromatic rings. The molecule has 0 rings (SSSR count). The fraction of sp³-hybridized carbons (Fsp3) is 0.818. The van der Waals surface area contributed by atoms with Crippen molar-refractivity contribution < 1.29 is 14.7 Å². The first-order valence-corrected chi connectivity index (χ1v) is 7.05. The lowest BCUT2D eigenvalue weighted by Gasteiger charge is -2.26. The summed E-state index contributed by atoms with van der Waals surface area (Å²) < 4.78 is 0. The summed E-state index contributed by atoms with van der Waals surface area (Å²) in [5.41, 5.74) is 0. The average molecular weight is 262 g/mol. The highest BCUT2D eigenvalue weighted by Crippen LogP contribution is 2.05. The highest BCUT2D eigenvalue weighted by atomic mass is 32.2. The van der Waals surface area contributed by atoms with E-state index in [4.69, 9.17) is 5.11 Å². The third-order valence-electron chi connectivity index (χ3n) is 2.63. The molecule has 0 aliphatic rings. The summed E-state index contributed by atoms with van der Waals surface area (Å²) in [5, 5.41) is 11.4. The molecule has 0 saturated heterocycles. The van der Waals surface area contributed by atoms with Crippen molar-refractivity contribution in [1.82, 2.24) is 10.2 Å². The van der Waals surface area contributed by atoms with Gasteiger partial charge in [-0.3, -0.25) is 4.79 Å². The van der Waals surface area contributed by atoms with Crippen LogP contribution in [0, 0.1) is 0 Å². The molecule has 0 aromatic heterocycles. The third-order valence-corrected chi connectivity index (χ3v) is 3.45. The maximum absolute atomic E-state index is 11.8. The summed E-state index contributed by atoms with van der Waals surface area (Å²) >= 11 is 1.67. The van der Waals surface area contributed by atoms with Gasteiger partial charge in [-0.05, 0) is 19.6 Å². The van der Waals surface area contributed by atoms with Crippen molar-refractivity contribution in [3.63, 3.8) is 0 Å². The first-order valence-electron chi connectivity index (χ1n) is 5.66. The number of nitrogens with zero attached hydrogens (tertiary/aromatic N) is 1. The molecule has 0 aromatic carbocycles. The number of amides is 2. The van der Waals surface area contributed by atoms with Gasteiger partial charge in [0.2, 0.25) is 0 Å². The Kier molecular flexibility index (Phi) is 7.78. The van der Waals surface area contributed by atoms with Crippen LogP contribution in [-0.4, -0.2) is 53.1 Å². The number of carboxylic acid groups (broad SMARTS) is 1. The SMILES string of the molecule is CCC(CC(=O)O)NC(=O)N(C)C(C)CSC. The molecule has 0 heterocycles. The lowest BCUT2D eigenvalue weighted by Crippen LogP contribution is -2.47. The molecule has 2 amide bonds. The van der Waals surface area contributed by atoms with Gasteiger partial charge < -0.3 is 15.3 Å². The summed E-state index contributed by atoms with van der Waals surface area (Å²) in [6.45, 7) is 3.83. The van der Waals surface area contributed by atoms with Gasteiger partial charge in [0, 0.05) is 24.9 Å².